The fourth-order valence-corrected chi connectivity index (χ4v) is 3.48. The number of methoxy groups -OCH3 is 1. The summed E-state index contributed by atoms with van der Waals surface area (Å²) in [6.45, 7) is 7.61. The van der Waals surface area contributed by atoms with Crippen LogP contribution in [0.25, 0.3) is 16.7 Å². The van der Waals surface area contributed by atoms with Crippen molar-refractivity contribution >= 4 is 28.6 Å². The summed E-state index contributed by atoms with van der Waals surface area (Å²) >= 11 is 0. The lowest BCUT2D eigenvalue weighted by Gasteiger charge is -2.36. The van der Waals surface area contributed by atoms with Crippen molar-refractivity contribution in [2.24, 2.45) is 0 Å². The van der Waals surface area contributed by atoms with Crippen LogP contribution in [0.3, 0.4) is 0 Å². The van der Waals surface area contributed by atoms with E-state index in [2.05, 4.69) is 20.1 Å². The first kappa shape index (κ1) is 22.2. The molecule has 3 aromatic rings. The van der Waals surface area contributed by atoms with Crippen LogP contribution < -0.4 is 9.64 Å². The van der Waals surface area contributed by atoms with E-state index in [1.165, 1.54) is 30.4 Å². The van der Waals surface area contributed by atoms with E-state index >= 15 is 0 Å². The van der Waals surface area contributed by atoms with E-state index in [9.17, 15) is 14.9 Å². The second kappa shape index (κ2) is 8.48. The molecule has 0 unspecified atom stereocenters. The molecule has 0 aromatic carbocycles. The Hall–Kier alpha value is -4.03. The normalized spacial score (nSPS) is 14.4. The van der Waals surface area contributed by atoms with E-state index in [-0.39, 0.29) is 17.7 Å². The minimum Gasteiger partial charge on any atom is -0.476 e. The van der Waals surface area contributed by atoms with Crippen molar-refractivity contribution in [3.05, 3.63) is 34.9 Å². The zero-order chi connectivity index (χ0) is 23.8. The molecule has 0 atom stereocenters. The first-order chi connectivity index (χ1) is 15.7. The van der Waals surface area contributed by atoms with Crippen LogP contribution in [0.15, 0.2) is 24.8 Å². The molecule has 0 spiro atoms. The highest BCUT2D eigenvalue weighted by molar-refractivity contribution is 5.87. The predicted molar refractivity (Wildman–Crippen MR) is 118 cm³/mol. The second-order valence-electron chi connectivity index (χ2n) is 8.44. The predicted octanol–water partition coefficient (Wildman–Crippen LogP) is 2.18. The molecule has 0 aliphatic carbocycles. The van der Waals surface area contributed by atoms with Gasteiger partial charge in [0.2, 0.25) is 0 Å². The lowest BCUT2D eigenvalue weighted by molar-refractivity contribution is -0.386. The van der Waals surface area contributed by atoms with Crippen LogP contribution in [0.4, 0.5) is 16.3 Å². The number of rotatable bonds is 4. The number of hydrogen-bond acceptors (Lipinski definition) is 10. The van der Waals surface area contributed by atoms with E-state index < -0.39 is 10.5 Å². The van der Waals surface area contributed by atoms with Crippen molar-refractivity contribution in [2.45, 2.75) is 26.4 Å². The van der Waals surface area contributed by atoms with Crippen molar-refractivity contribution < 1.29 is 19.2 Å². The molecule has 33 heavy (non-hydrogen) atoms. The molecule has 4 rings (SSSR count). The number of ether oxygens (including phenoxy) is 2. The first-order valence-corrected chi connectivity index (χ1v) is 10.3. The van der Waals surface area contributed by atoms with Gasteiger partial charge in [-0.05, 0) is 20.8 Å². The van der Waals surface area contributed by atoms with Gasteiger partial charge in [0.1, 0.15) is 17.7 Å². The molecule has 0 radical (unpaired) electrons. The monoisotopic (exact) mass is 456 g/mol. The molecular weight excluding hydrogens is 432 g/mol. The lowest BCUT2D eigenvalue weighted by atomic mass is 10.2. The van der Waals surface area contributed by atoms with Crippen molar-refractivity contribution in [1.29, 1.82) is 0 Å². The van der Waals surface area contributed by atoms with Crippen molar-refractivity contribution in [3.8, 4) is 11.6 Å². The van der Waals surface area contributed by atoms with Crippen LogP contribution in [0.1, 0.15) is 20.8 Å². The van der Waals surface area contributed by atoms with Gasteiger partial charge < -0.3 is 19.3 Å². The number of amides is 1. The molecule has 3 aromatic heterocycles. The van der Waals surface area contributed by atoms with E-state index in [0.717, 1.165) is 0 Å². The van der Waals surface area contributed by atoms with Gasteiger partial charge >= 0.3 is 11.8 Å². The zero-order valence-corrected chi connectivity index (χ0v) is 18.8. The van der Waals surface area contributed by atoms with E-state index in [4.69, 9.17) is 9.47 Å². The Morgan fingerprint density at radius 3 is 2.52 bits per heavy atom. The van der Waals surface area contributed by atoms with Gasteiger partial charge in [-0.25, -0.2) is 24.4 Å². The second-order valence-corrected chi connectivity index (χ2v) is 8.44. The average molecular weight is 456 g/mol. The third-order valence-electron chi connectivity index (χ3n) is 5.00. The molecule has 13 nitrogen and oxygen atoms in total. The molecule has 1 aliphatic rings. The number of hydrogen-bond donors (Lipinski definition) is 0. The highest BCUT2D eigenvalue weighted by Gasteiger charge is 2.27. The number of aromatic nitrogens is 5. The number of nitro groups is 1. The SMILES string of the molecule is COc1ncc(-n2cc3c(N4CCN(C(=O)OC(C)(C)C)CC4)ncnc3n2)cc1[N+](=O)[O-]. The number of anilines is 1. The molecule has 1 aliphatic heterocycles. The molecule has 13 heteroatoms. The van der Waals surface area contributed by atoms with Gasteiger partial charge in [-0.15, -0.1) is 5.10 Å². The Balaban J connectivity index is 1.58. The number of piperazine rings is 1. The Kier molecular flexibility index (Phi) is 5.70. The quantitative estimate of drug-likeness (QED) is 0.423. The summed E-state index contributed by atoms with van der Waals surface area (Å²) < 4.78 is 11.9. The molecule has 0 saturated carbocycles. The van der Waals surface area contributed by atoms with Gasteiger partial charge in [-0.3, -0.25) is 10.1 Å². The van der Waals surface area contributed by atoms with Crippen molar-refractivity contribution in [2.75, 3.05) is 38.2 Å². The number of carbonyl (C=O) groups excluding carboxylic acids is 1. The standard InChI is InChI=1S/C20H24N8O5/c1-20(2,3)33-19(29)26-7-5-25(6-8-26)17-14-11-27(24-16(14)22-12-23-17)13-9-15(28(30)31)18(32-4)21-10-13/h9-12H,5-8H2,1-4H3. The topological polar surface area (TPSA) is 142 Å². The summed E-state index contributed by atoms with van der Waals surface area (Å²) in [5.74, 6) is 0.592. The average Bonchev–Trinajstić information content (AvgIpc) is 3.22. The van der Waals surface area contributed by atoms with Gasteiger partial charge in [-0.2, -0.15) is 0 Å². The van der Waals surface area contributed by atoms with Crippen molar-refractivity contribution in [1.82, 2.24) is 29.6 Å². The maximum atomic E-state index is 12.3. The molecule has 4 heterocycles. The summed E-state index contributed by atoms with van der Waals surface area (Å²) in [6.07, 6.45) is 4.23. The number of fused-ring (bicyclic) bond motifs is 1. The minimum absolute atomic E-state index is 0.0798. The fourth-order valence-electron chi connectivity index (χ4n) is 3.48. The third kappa shape index (κ3) is 4.61. The van der Waals surface area contributed by atoms with Gasteiger partial charge in [0, 0.05) is 38.4 Å². The largest absolute Gasteiger partial charge is 0.476 e. The minimum atomic E-state index is -0.562. The molecule has 1 amide bonds. The number of nitrogens with zero attached hydrogens (tertiary/aromatic N) is 8. The van der Waals surface area contributed by atoms with Crippen LogP contribution >= 0.6 is 0 Å². The number of carbonyl (C=O) groups is 1. The fraction of sp³-hybridized carbons (Fsp3) is 0.450. The summed E-state index contributed by atoms with van der Waals surface area (Å²) in [7, 11) is 1.32. The van der Waals surface area contributed by atoms with Gasteiger partial charge in [0.15, 0.2) is 5.65 Å². The molecule has 0 bridgehead atoms. The highest BCUT2D eigenvalue weighted by Crippen LogP contribution is 2.28. The molecule has 174 valence electrons. The van der Waals surface area contributed by atoms with E-state index in [1.807, 2.05) is 25.7 Å². The summed E-state index contributed by atoms with van der Waals surface area (Å²) in [6, 6.07) is 1.34. The Morgan fingerprint density at radius 1 is 1.15 bits per heavy atom. The van der Waals surface area contributed by atoms with Gasteiger partial charge in [0.05, 0.1) is 29.3 Å². The Bertz CT molecular complexity index is 1200. The lowest BCUT2D eigenvalue weighted by Crippen LogP contribution is -2.50. The smallest absolute Gasteiger partial charge is 0.410 e. The zero-order valence-electron chi connectivity index (χ0n) is 18.8. The van der Waals surface area contributed by atoms with Gasteiger partial charge in [-0.1, -0.05) is 0 Å². The Morgan fingerprint density at radius 2 is 1.88 bits per heavy atom. The third-order valence-corrected chi connectivity index (χ3v) is 5.00. The van der Waals surface area contributed by atoms with Crippen molar-refractivity contribution in [3.63, 3.8) is 0 Å². The van der Waals surface area contributed by atoms with E-state index in [1.54, 1.807) is 11.1 Å². The van der Waals surface area contributed by atoms with Crippen LogP contribution in [0.5, 0.6) is 5.88 Å². The summed E-state index contributed by atoms with van der Waals surface area (Å²) in [4.78, 5) is 39.5. The van der Waals surface area contributed by atoms with Crippen LogP contribution in [0.2, 0.25) is 0 Å². The number of pyridine rings is 1. The van der Waals surface area contributed by atoms with E-state index in [0.29, 0.717) is 48.7 Å². The summed E-state index contributed by atoms with van der Waals surface area (Å²) in [5, 5.41) is 16.4. The maximum absolute atomic E-state index is 12.3. The summed E-state index contributed by atoms with van der Waals surface area (Å²) in [5.41, 5.74) is 0.0147. The highest BCUT2D eigenvalue weighted by atomic mass is 16.6. The molecule has 1 saturated heterocycles. The van der Waals surface area contributed by atoms with Crippen LogP contribution in [-0.4, -0.2) is 79.5 Å². The van der Waals surface area contributed by atoms with Crippen LogP contribution in [-0.2, 0) is 4.74 Å². The molecule has 1 fully saturated rings. The maximum Gasteiger partial charge on any atom is 0.410 e. The van der Waals surface area contributed by atoms with Crippen LogP contribution in [0, 0.1) is 10.1 Å². The molecular formula is C20H24N8O5. The first-order valence-electron chi connectivity index (χ1n) is 10.3. The molecule has 0 N–H and O–H groups in total. The Labute approximate surface area is 189 Å². The van der Waals surface area contributed by atoms with Gasteiger partial charge in [0.25, 0.3) is 5.88 Å².